The Balaban J connectivity index is 1.80. The highest BCUT2D eigenvalue weighted by Crippen LogP contribution is 2.37. The minimum Gasteiger partial charge on any atom is -0.277 e. The second kappa shape index (κ2) is 11.1. The van der Waals surface area contributed by atoms with Crippen molar-refractivity contribution in [2.45, 2.75) is 87.2 Å². The van der Waals surface area contributed by atoms with Crippen LogP contribution in [0.2, 0.25) is 0 Å². The maximum Gasteiger partial charge on any atom is 0.109 e. The van der Waals surface area contributed by atoms with Crippen molar-refractivity contribution in [3.8, 4) is 0 Å². The Morgan fingerprint density at radius 3 is 1.34 bits per heavy atom. The number of likely N-dealkylation sites (N-methyl/N-ethyl adjacent to an activating group) is 2. The standard InChI is InChI=1S/C20H42N4S5/c1-7-21-13-15(25)23(17(21)27)19(3,4)9-11-29-12-10-20(5,6)24-16(26)14-22(8-2)18(24)28/h15-18,25-28H,7-14H2,1-6H3. The summed E-state index contributed by atoms with van der Waals surface area (Å²) in [5.74, 6) is 2.31. The average Bonchev–Trinajstić information content (AvgIpc) is 3.09. The fourth-order valence-electron chi connectivity index (χ4n) is 4.46. The number of hydrogen-bond donors (Lipinski definition) is 4. The molecule has 0 amide bonds. The van der Waals surface area contributed by atoms with Crippen molar-refractivity contribution in [2.75, 3.05) is 37.7 Å². The maximum atomic E-state index is 4.87. The highest BCUT2D eigenvalue weighted by atomic mass is 32.2. The van der Waals surface area contributed by atoms with Crippen LogP contribution in [0.5, 0.6) is 0 Å². The van der Waals surface area contributed by atoms with Crippen molar-refractivity contribution in [2.24, 2.45) is 0 Å². The maximum absolute atomic E-state index is 4.87. The quantitative estimate of drug-likeness (QED) is 0.264. The summed E-state index contributed by atoms with van der Waals surface area (Å²) >= 11 is 21.5. The zero-order valence-corrected chi connectivity index (χ0v) is 23.3. The predicted molar refractivity (Wildman–Crippen MR) is 144 cm³/mol. The lowest BCUT2D eigenvalue weighted by atomic mass is 10.00. The van der Waals surface area contributed by atoms with Gasteiger partial charge in [0, 0.05) is 24.2 Å². The van der Waals surface area contributed by atoms with Gasteiger partial charge in [0.25, 0.3) is 0 Å². The molecule has 2 rings (SSSR count). The van der Waals surface area contributed by atoms with E-state index in [0.717, 1.165) is 50.5 Å². The Morgan fingerprint density at radius 2 is 1.07 bits per heavy atom. The van der Waals surface area contributed by atoms with Crippen LogP contribution in [0, 0.1) is 0 Å². The number of nitrogens with zero attached hydrogens (tertiary/aromatic N) is 4. The van der Waals surface area contributed by atoms with Gasteiger partial charge in [-0.25, -0.2) is 0 Å². The van der Waals surface area contributed by atoms with Gasteiger partial charge in [0.05, 0.1) is 10.7 Å². The third kappa shape index (κ3) is 6.34. The molecule has 4 unspecified atom stereocenters. The van der Waals surface area contributed by atoms with Crippen LogP contribution in [0.4, 0.5) is 0 Å². The van der Waals surface area contributed by atoms with E-state index in [-0.39, 0.29) is 32.8 Å². The summed E-state index contributed by atoms with van der Waals surface area (Å²) in [4.78, 5) is 9.70. The first-order chi connectivity index (χ1) is 13.5. The summed E-state index contributed by atoms with van der Waals surface area (Å²) in [5, 5.41) is 0.514. The molecule has 0 N–H and O–H groups in total. The molecule has 0 radical (unpaired) electrons. The topological polar surface area (TPSA) is 13.0 Å². The van der Waals surface area contributed by atoms with E-state index in [1.807, 2.05) is 0 Å². The van der Waals surface area contributed by atoms with Gasteiger partial charge in [-0.2, -0.15) is 37.0 Å². The molecule has 0 spiro atoms. The van der Waals surface area contributed by atoms with Crippen molar-refractivity contribution in [3.63, 3.8) is 0 Å². The SMILES string of the molecule is CCN1CC(S)N(C(C)(C)CCSCCC(C)(C)N2C(S)CN(CC)C2S)C1S. The van der Waals surface area contributed by atoms with Crippen LogP contribution >= 0.6 is 62.3 Å². The number of rotatable bonds is 10. The minimum atomic E-state index is 0.0915. The molecule has 2 fully saturated rings. The number of thiol groups is 4. The second-order valence-corrected chi connectivity index (χ2v) is 12.7. The lowest BCUT2D eigenvalue weighted by molar-refractivity contribution is 0.0957. The van der Waals surface area contributed by atoms with E-state index in [9.17, 15) is 0 Å². The van der Waals surface area contributed by atoms with Crippen LogP contribution in [0.25, 0.3) is 0 Å². The minimum absolute atomic E-state index is 0.0915. The monoisotopic (exact) mass is 498 g/mol. The molecule has 172 valence electrons. The van der Waals surface area contributed by atoms with Gasteiger partial charge >= 0.3 is 0 Å². The van der Waals surface area contributed by atoms with Crippen molar-refractivity contribution in [1.29, 1.82) is 0 Å². The molecular weight excluding hydrogens is 457 g/mol. The molecule has 0 aromatic heterocycles. The molecule has 2 aliphatic rings. The molecule has 2 aliphatic heterocycles. The van der Waals surface area contributed by atoms with Crippen LogP contribution in [-0.4, -0.2) is 90.1 Å². The second-order valence-electron chi connectivity index (χ2n) is 9.38. The molecule has 9 heteroatoms. The van der Waals surface area contributed by atoms with Crippen molar-refractivity contribution in [3.05, 3.63) is 0 Å². The zero-order chi connectivity index (χ0) is 22.0. The average molecular weight is 499 g/mol. The largest absolute Gasteiger partial charge is 0.277 e. The molecule has 0 aromatic rings. The van der Waals surface area contributed by atoms with Gasteiger partial charge in [-0.3, -0.25) is 19.6 Å². The summed E-state index contributed by atoms with van der Waals surface area (Å²) in [7, 11) is 0. The van der Waals surface area contributed by atoms with E-state index in [1.165, 1.54) is 0 Å². The van der Waals surface area contributed by atoms with Crippen LogP contribution in [0.3, 0.4) is 0 Å². The molecular formula is C20H42N4S5. The molecule has 0 saturated carbocycles. The third-order valence-corrected chi connectivity index (χ3v) is 9.48. The Hall–Kier alpha value is 1.59. The molecule has 4 atom stereocenters. The summed E-state index contributed by atoms with van der Waals surface area (Å²) < 4.78 is 0. The first-order valence-corrected chi connectivity index (χ1v) is 14.0. The van der Waals surface area contributed by atoms with E-state index >= 15 is 0 Å². The summed E-state index contributed by atoms with van der Waals surface area (Å²) in [6.07, 6.45) is 2.28. The Bertz CT molecular complexity index is 477. The van der Waals surface area contributed by atoms with E-state index in [1.54, 1.807) is 0 Å². The summed E-state index contributed by atoms with van der Waals surface area (Å²) in [6.45, 7) is 17.8. The van der Waals surface area contributed by atoms with Crippen LogP contribution in [0.15, 0.2) is 0 Å². The van der Waals surface area contributed by atoms with Crippen molar-refractivity contribution >= 4 is 62.3 Å². The fraction of sp³-hybridized carbons (Fsp3) is 1.00. The van der Waals surface area contributed by atoms with Gasteiger partial charge in [-0.15, -0.1) is 25.3 Å². The van der Waals surface area contributed by atoms with E-state index in [4.69, 9.17) is 50.5 Å². The third-order valence-electron chi connectivity index (χ3n) is 6.52. The van der Waals surface area contributed by atoms with Crippen LogP contribution < -0.4 is 0 Å². The van der Waals surface area contributed by atoms with E-state index in [2.05, 4.69) is 72.9 Å². The van der Waals surface area contributed by atoms with Gasteiger partial charge in [-0.05, 0) is 65.1 Å². The molecule has 29 heavy (non-hydrogen) atoms. The highest BCUT2D eigenvalue weighted by Gasteiger charge is 2.44. The number of thioether (sulfide) groups is 1. The van der Waals surface area contributed by atoms with Gasteiger partial charge in [0.15, 0.2) is 0 Å². The van der Waals surface area contributed by atoms with Crippen molar-refractivity contribution in [1.82, 2.24) is 19.6 Å². The zero-order valence-electron chi connectivity index (χ0n) is 19.0. The Morgan fingerprint density at radius 1 is 0.724 bits per heavy atom. The lowest BCUT2D eigenvalue weighted by Gasteiger charge is -2.42. The summed E-state index contributed by atoms with van der Waals surface area (Å²) in [6, 6.07) is 0. The van der Waals surface area contributed by atoms with E-state index in [0.29, 0.717) is 0 Å². The molecule has 0 bridgehead atoms. The Kier molecular flexibility index (Phi) is 10.3. The molecule has 4 nitrogen and oxygen atoms in total. The number of hydrogen-bond acceptors (Lipinski definition) is 9. The molecule has 2 heterocycles. The smallest absolute Gasteiger partial charge is 0.109 e. The van der Waals surface area contributed by atoms with Crippen molar-refractivity contribution < 1.29 is 0 Å². The van der Waals surface area contributed by atoms with Gasteiger partial charge in [0.1, 0.15) is 11.0 Å². The highest BCUT2D eigenvalue weighted by molar-refractivity contribution is 7.99. The van der Waals surface area contributed by atoms with Gasteiger partial charge < -0.3 is 0 Å². The molecule has 2 saturated heterocycles. The Labute approximate surface area is 205 Å². The molecule has 0 aliphatic carbocycles. The van der Waals surface area contributed by atoms with Crippen LogP contribution in [-0.2, 0) is 0 Å². The lowest BCUT2D eigenvalue weighted by Crippen LogP contribution is -2.50. The summed E-state index contributed by atoms with van der Waals surface area (Å²) in [5.41, 5.74) is 0.512. The van der Waals surface area contributed by atoms with Crippen LogP contribution in [0.1, 0.15) is 54.4 Å². The first-order valence-electron chi connectivity index (χ1n) is 10.8. The molecule has 0 aromatic carbocycles. The first kappa shape index (κ1) is 26.8. The van der Waals surface area contributed by atoms with Gasteiger partial charge in [-0.1, -0.05) is 13.8 Å². The fourth-order valence-corrected chi connectivity index (χ4v) is 8.93. The van der Waals surface area contributed by atoms with Gasteiger partial charge in [0.2, 0.25) is 0 Å². The normalized spacial score (nSPS) is 31.2. The predicted octanol–water partition coefficient (Wildman–Crippen LogP) is 4.27. The van der Waals surface area contributed by atoms with E-state index < -0.39 is 0 Å².